The van der Waals surface area contributed by atoms with Gasteiger partial charge in [-0.3, -0.25) is 0 Å². The highest BCUT2D eigenvalue weighted by Crippen LogP contribution is 2.27. The Labute approximate surface area is 121 Å². The van der Waals surface area contributed by atoms with E-state index in [9.17, 15) is 5.11 Å². The van der Waals surface area contributed by atoms with Crippen LogP contribution in [0.15, 0.2) is 44.7 Å². The zero-order valence-corrected chi connectivity index (χ0v) is 12.8. The minimum absolute atomic E-state index is 0.471. The topological polar surface area (TPSA) is 32.3 Å². The van der Waals surface area contributed by atoms with Gasteiger partial charge in [0.05, 0.1) is 0 Å². The van der Waals surface area contributed by atoms with Gasteiger partial charge in [0.25, 0.3) is 0 Å². The Bertz CT molecular complexity index is 487. The number of hydrogen-bond donors (Lipinski definition) is 2. The fourth-order valence-electron chi connectivity index (χ4n) is 1.42. The lowest BCUT2D eigenvalue weighted by Gasteiger charge is -2.12. The van der Waals surface area contributed by atoms with Crippen molar-refractivity contribution in [1.29, 1.82) is 0 Å². The summed E-state index contributed by atoms with van der Waals surface area (Å²) < 4.78 is 1.99. The number of rotatable bonds is 4. The van der Waals surface area contributed by atoms with Gasteiger partial charge >= 0.3 is 0 Å². The molecule has 90 valence electrons. The first kappa shape index (κ1) is 13.1. The fraction of sp³-hybridized carbons (Fsp3) is 0.167. The molecule has 0 radical (unpaired) electrons. The van der Waals surface area contributed by atoms with Gasteiger partial charge in [-0.25, -0.2) is 0 Å². The number of aliphatic hydroxyl groups excluding tert-OH is 1. The summed E-state index contributed by atoms with van der Waals surface area (Å²) in [4.78, 5) is 0.976. The Balaban J connectivity index is 2.00. The highest BCUT2D eigenvalue weighted by atomic mass is 79.9. The first-order valence-corrected chi connectivity index (χ1v) is 7.54. The van der Waals surface area contributed by atoms with E-state index in [4.69, 9.17) is 0 Å². The van der Waals surface area contributed by atoms with Crippen LogP contribution in [0.25, 0.3) is 0 Å². The molecule has 2 N–H and O–H groups in total. The molecule has 0 aliphatic heterocycles. The zero-order chi connectivity index (χ0) is 12.3. The van der Waals surface area contributed by atoms with Gasteiger partial charge < -0.3 is 10.4 Å². The van der Waals surface area contributed by atoms with Crippen LogP contribution in [0, 0.1) is 0 Å². The molecule has 1 atom stereocenters. The van der Waals surface area contributed by atoms with Crippen molar-refractivity contribution in [3.8, 4) is 0 Å². The number of thiophene rings is 1. The summed E-state index contributed by atoms with van der Waals surface area (Å²) in [6.45, 7) is 0.496. The van der Waals surface area contributed by atoms with Crippen molar-refractivity contribution in [2.75, 3.05) is 11.9 Å². The number of halogens is 2. The molecule has 1 unspecified atom stereocenters. The predicted octanol–water partition coefficient (Wildman–Crippen LogP) is 4.42. The average Bonchev–Trinajstić information content (AvgIpc) is 2.83. The van der Waals surface area contributed by atoms with E-state index in [0.717, 1.165) is 19.5 Å². The molecule has 0 saturated heterocycles. The number of hydrogen-bond acceptors (Lipinski definition) is 3. The van der Waals surface area contributed by atoms with Crippen LogP contribution < -0.4 is 5.32 Å². The van der Waals surface area contributed by atoms with Crippen LogP contribution in [0.2, 0.25) is 0 Å². The van der Waals surface area contributed by atoms with Crippen molar-refractivity contribution in [2.45, 2.75) is 6.10 Å². The number of aliphatic hydroxyl groups is 1. The van der Waals surface area contributed by atoms with E-state index in [1.807, 2.05) is 35.7 Å². The van der Waals surface area contributed by atoms with E-state index < -0.39 is 6.10 Å². The van der Waals surface area contributed by atoms with Crippen molar-refractivity contribution in [3.63, 3.8) is 0 Å². The van der Waals surface area contributed by atoms with Crippen molar-refractivity contribution in [2.24, 2.45) is 0 Å². The SMILES string of the molecule is OC(CNc1cc(Br)ccc1Br)c1cccs1. The van der Waals surface area contributed by atoms with Crippen LogP contribution in [-0.4, -0.2) is 11.7 Å². The first-order valence-electron chi connectivity index (χ1n) is 5.07. The van der Waals surface area contributed by atoms with Crippen LogP contribution >= 0.6 is 43.2 Å². The van der Waals surface area contributed by atoms with E-state index in [1.54, 1.807) is 11.3 Å². The molecule has 0 fully saturated rings. The molecule has 2 aromatic rings. The number of nitrogens with one attached hydrogen (secondary N) is 1. The Morgan fingerprint density at radius 3 is 2.82 bits per heavy atom. The molecule has 2 nitrogen and oxygen atoms in total. The van der Waals surface area contributed by atoms with Crippen LogP contribution in [0.5, 0.6) is 0 Å². The maximum atomic E-state index is 9.95. The largest absolute Gasteiger partial charge is 0.386 e. The molecule has 0 aliphatic carbocycles. The molecule has 17 heavy (non-hydrogen) atoms. The maximum absolute atomic E-state index is 9.95. The van der Waals surface area contributed by atoms with Crippen LogP contribution in [0.4, 0.5) is 5.69 Å². The molecule has 0 amide bonds. The summed E-state index contributed by atoms with van der Waals surface area (Å²) in [6, 6.07) is 9.78. The van der Waals surface area contributed by atoms with Crippen LogP contribution in [0.1, 0.15) is 11.0 Å². The molecule has 5 heteroatoms. The summed E-state index contributed by atoms with van der Waals surface area (Å²) in [5.74, 6) is 0. The van der Waals surface area contributed by atoms with Gasteiger partial charge in [0, 0.05) is 26.1 Å². The molecule has 0 aliphatic rings. The molecular weight excluding hydrogens is 366 g/mol. The molecule has 1 aromatic heterocycles. The minimum Gasteiger partial charge on any atom is -0.386 e. The van der Waals surface area contributed by atoms with Crippen molar-refractivity contribution in [3.05, 3.63) is 49.5 Å². The molecular formula is C12H11Br2NOS. The van der Waals surface area contributed by atoms with Crippen LogP contribution in [0.3, 0.4) is 0 Å². The second-order valence-electron chi connectivity index (χ2n) is 3.54. The van der Waals surface area contributed by atoms with Crippen molar-refractivity contribution >= 4 is 48.9 Å². The predicted molar refractivity (Wildman–Crippen MR) is 79.6 cm³/mol. The first-order chi connectivity index (χ1) is 8.16. The third-order valence-electron chi connectivity index (χ3n) is 2.29. The van der Waals surface area contributed by atoms with Gasteiger partial charge in [-0.1, -0.05) is 22.0 Å². The number of benzene rings is 1. The lowest BCUT2D eigenvalue weighted by molar-refractivity contribution is 0.195. The Morgan fingerprint density at radius 1 is 1.29 bits per heavy atom. The third-order valence-corrected chi connectivity index (χ3v) is 4.44. The monoisotopic (exact) mass is 375 g/mol. The van der Waals surface area contributed by atoms with E-state index >= 15 is 0 Å². The summed E-state index contributed by atoms with van der Waals surface area (Å²) >= 11 is 8.45. The van der Waals surface area contributed by atoms with E-state index in [-0.39, 0.29) is 0 Å². The van der Waals surface area contributed by atoms with Gasteiger partial charge in [-0.05, 0) is 45.6 Å². The normalized spacial score (nSPS) is 12.4. The molecule has 2 rings (SSSR count). The minimum atomic E-state index is -0.471. The smallest absolute Gasteiger partial charge is 0.105 e. The summed E-state index contributed by atoms with van der Waals surface area (Å²) in [5, 5.41) is 15.1. The zero-order valence-electron chi connectivity index (χ0n) is 8.86. The summed E-state index contributed by atoms with van der Waals surface area (Å²) in [5.41, 5.74) is 0.968. The highest BCUT2D eigenvalue weighted by molar-refractivity contribution is 9.11. The summed E-state index contributed by atoms with van der Waals surface area (Å²) in [6.07, 6.45) is -0.471. The molecule has 1 heterocycles. The Kier molecular flexibility index (Phi) is 4.62. The van der Waals surface area contributed by atoms with Crippen molar-refractivity contribution < 1.29 is 5.11 Å². The third kappa shape index (κ3) is 3.55. The van der Waals surface area contributed by atoms with Crippen molar-refractivity contribution in [1.82, 2.24) is 0 Å². The van der Waals surface area contributed by atoms with Gasteiger partial charge in [0.2, 0.25) is 0 Å². The van der Waals surface area contributed by atoms with Gasteiger partial charge in [-0.2, -0.15) is 0 Å². The van der Waals surface area contributed by atoms with E-state index in [2.05, 4.69) is 37.2 Å². The van der Waals surface area contributed by atoms with E-state index in [0.29, 0.717) is 6.54 Å². The van der Waals surface area contributed by atoms with Gasteiger partial charge in [0.1, 0.15) is 6.10 Å². The van der Waals surface area contributed by atoms with E-state index in [1.165, 1.54) is 0 Å². The molecule has 1 aromatic carbocycles. The number of anilines is 1. The van der Waals surface area contributed by atoms with Crippen LogP contribution in [-0.2, 0) is 0 Å². The fourth-order valence-corrected chi connectivity index (χ4v) is 2.88. The average molecular weight is 377 g/mol. The Hall–Kier alpha value is -0.360. The quantitative estimate of drug-likeness (QED) is 0.827. The second kappa shape index (κ2) is 6.00. The molecule has 0 saturated carbocycles. The standard InChI is InChI=1S/C12H11Br2NOS/c13-8-3-4-9(14)10(6-8)15-7-11(16)12-2-1-5-17-12/h1-6,11,15-16H,7H2. The second-order valence-corrected chi connectivity index (χ2v) is 6.29. The van der Waals surface area contributed by atoms with Gasteiger partial charge in [0.15, 0.2) is 0 Å². The lowest BCUT2D eigenvalue weighted by Crippen LogP contribution is -2.11. The molecule has 0 bridgehead atoms. The molecule has 0 spiro atoms. The van der Waals surface area contributed by atoms with Gasteiger partial charge in [-0.15, -0.1) is 11.3 Å². The lowest BCUT2D eigenvalue weighted by atomic mass is 10.2. The maximum Gasteiger partial charge on any atom is 0.105 e. The Morgan fingerprint density at radius 2 is 2.12 bits per heavy atom. The summed E-state index contributed by atoms with van der Waals surface area (Å²) in [7, 11) is 0. The highest BCUT2D eigenvalue weighted by Gasteiger charge is 2.09.